The van der Waals surface area contributed by atoms with Gasteiger partial charge < -0.3 is 19.9 Å². The smallest absolute Gasteiger partial charge is 0.417 e. The summed E-state index contributed by atoms with van der Waals surface area (Å²) in [6.45, 7) is 0.452. The van der Waals surface area contributed by atoms with Crippen molar-refractivity contribution in [2.45, 2.75) is 56.0 Å². The number of benzene rings is 1. The molecule has 1 fully saturated rings. The van der Waals surface area contributed by atoms with Gasteiger partial charge in [0.1, 0.15) is 6.61 Å². The molecule has 3 rings (SSSR count). The Morgan fingerprint density at radius 3 is 2.58 bits per heavy atom. The van der Waals surface area contributed by atoms with Crippen molar-refractivity contribution in [3.8, 4) is 11.5 Å². The van der Waals surface area contributed by atoms with Crippen molar-refractivity contribution in [1.29, 1.82) is 0 Å². The standard InChI is InChI=1S/C17H22F3NO3/c1-23-14-4-2-3-11-9-13(10-24-15(11)14)21-12-5-7-16(22,8-6-12)17(18,19)20/h2-4,12-13,21-22H,5-10H2,1H3/t12?,13-,16?/m1/s1. The van der Waals surface area contributed by atoms with Crippen LogP contribution in [0.2, 0.25) is 0 Å². The van der Waals surface area contributed by atoms with E-state index in [1.807, 2.05) is 18.2 Å². The van der Waals surface area contributed by atoms with Crippen molar-refractivity contribution < 1.29 is 27.8 Å². The Labute approximate surface area is 139 Å². The number of fused-ring (bicyclic) bond motifs is 1. The van der Waals surface area contributed by atoms with Crippen LogP contribution in [0.5, 0.6) is 11.5 Å². The Morgan fingerprint density at radius 1 is 1.25 bits per heavy atom. The Bertz CT molecular complexity index is 583. The zero-order valence-corrected chi connectivity index (χ0v) is 13.5. The van der Waals surface area contributed by atoms with Crippen molar-refractivity contribution in [1.82, 2.24) is 5.32 Å². The Balaban J connectivity index is 1.57. The van der Waals surface area contributed by atoms with Crippen molar-refractivity contribution in [3.63, 3.8) is 0 Å². The van der Waals surface area contributed by atoms with E-state index >= 15 is 0 Å². The van der Waals surface area contributed by atoms with Crippen molar-refractivity contribution >= 4 is 0 Å². The van der Waals surface area contributed by atoms with Gasteiger partial charge in [0.2, 0.25) is 0 Å². The average Bonchev–Trinajstić information content (AvgIpc) is 2.55. The van der Waals surface area contributed by atoms with Gasteiger partial charge in [-0.25, -0.2) is 0 Å². The first-order valence-corrected chi connectivity index (χ1v) is 8.16. The first kappa shape index (κ1) is 17.4. The number of hydrogen-bond donors (Lipinski definition) is 2. The molecule has 134 valence electrons. The molecule has 0 amide bonds. The number of aliphatic hydroxyl groups is 1. The van der Waals surface area contributed by atoms with E-state index < -0.39 is 11.8 Å². The second-order valence-corrected chi connectivity index (χ2v) is 6.63. The monoisotopic (exact) mass is 345 g/mol. The van der Waals surface area contributed by atoms with Crippen molar-refractivity contribution in [2.75, 3.05) is 13.7 Å². The maximum absolute atomic E-state index is 12.8. The van der Waals surface area contributed by atoms with Crippen molar-refractivity contribution in [3.05, 3.63) is 23.8 Å². The Kier molecular flexibility index (Phi) is 4.66. The third-order valence-electron chi connectivity index (χ3n) is 4.99. The molecule has 1 saturated carbocycles. The molecule has 1 atom stereocenters. The maximum atomic E-state index is 12.8. The molecule has 0 spiro atoms. The Morgan fingerprint density at radius 2 is 1.96 bits per heavy atom. The summed E-state index contributed by atoms with van der Waals surface area (Å²) < 4.78 is 49.6. The molecule has 1 aliphatic heterocycles. The number of nitrogens with one attached hydrogen (secondary N) is 1. The lowest BCUT2D eigenvalue weighted by Gasteiger charge is -2.39. The van der Waals surface area contributed by atoms with Gasteiger partial charge in [-0.05, 0) is 43.7 Å². The van der Waals surface area contributed by atoms with Gasteiger partial charge in [-0.15, -0.1) is 0 Å². The summed E-state index contributed by atoms with van der Waals surface area (Å²) in [7, 11) is 1.59. The summed E-state index contributed by atoms with van der Waals surface area (Å²) in [6.07, 6.45) is -3.72. The minimum absolute atomic E-state index is 0.0339. The first-order valence-electron chi connectivity index (χ1n) is 8.16. The Hall–Kier alpha value is -1.47. The number of para-hydroxylation sites is 1. The van der Waals surface area contributed by atoms with Crippen LogP contribution in [0.4, 0.5) is 13.2 Å². The fraction of sp³-hybridized carbons (Fsp3) is 0.647. The zero-order chi connectivity index (χ0) is 17.4. The van der Waals surface area contributed by atoms with E-state index in [1.165, 1.54) is 0 Å². The number of hydrogen-bond acceptors (Lipinski definition) is 4. The normalized spacial score (nSPS) is 30.4. The summed E-state index contributed by atoms with van der Waals surface area (Å²) in [4.78, 5) is 0. The third-order valence-corrected chi connectivity index (χ3v) is 4.99. The number of methoxy groups -OCH3 is 1. The van der Waals surface area contributed by atoms with Gasteiger partial charge in [0.25, 0.3) is 0 Å². The van der Waals surface area contributed by atoms with Gasteiger partial charge in [-0.1, -0.05) is 12.1 Å². The van der Waals surface area contributed by atoms with E-state index in [9.17, 15) is 18.3 Å². The van der Waals surface area contributed by atoms with Gasteiger partial charge in [0.15, 0.2) is 17.1 Å². The molecule has 1 aliphatic carbocycles. The summed E-state index contributed by atoms with van der Waals surface area (Å²) in [5.41, 5.74) is -1.51. The highest BCUT2D eigenvalue weighted by Crippen LogP contribution is 2.41. The van der Waals surface area contributed by atoms with E-state index in [0.29, 0.717) is 25.2 Å². The fourth-order valence-electron chi connectivity index (χ4n) is 3.54. The average molecular weight is 345 g/mol. The molecule has 7 heteroatoms. The van der Waals surface area contributed by atoms with Crippen LogP contribution in [0.1, 0.15) is 31.2 Å². The topological polar surface area (TPSA) is 50.7 Å². The van der Waals surface area contributed by atoms with Crippen LogP contribution in [0.3, 0.4) is 0 Å². The lowest BCUT2D eigenvalue weighted by atomic mass is 9.81. The molecule has 2 N–H and O–H groups in total. The minimum Gasteiger partial charge on any atom is -0.493 e. The molecule has 24 heavy (non-hydrogen) atoms. The second kappa shape index (κ2) is 6.44. The maximum Gasteiger partial charge on any atom is 0.417 e. The third kappa shape index (κ3) is 3.32. The SMILES string of the molecule is COc1cccc2c1OC[C@H](NC1CCC(O)(C(F)(F)F)CC1)C2. The number of ether oxygens (including phenoxy) is 2. The van der Waals surface area contributed by atoms with Crippen LogP contribution in [-0.4, -0.2) is 42.7 Å². The van der Waals surface area contributed by atoms with E-state index in [0.717, 1.165) is 17.7 Å². The van der Waals surface area contributed by atoms with E-state index in [-0.39, 0.29) is 24.9 Å². The van der Waals surface area contributed by atoms with E-state index in [2.05, 4.69) is 5.32 Å². The molecule has 1 aromatic carbocycles. The zero-order valence-electron chi connectivity index (χ0n) is 13.5. The summed E-state index contributed by atoms with van der Waals surface area (Å²) in [6, 6.07) is 5.72. The predicted molar refractivity (Wildman–Crippen MR) is 82.4 cm³/mol. The highest BCUT2D eigenvalue weighted by molar-refractivity contribution is 5.48. The number of rotatable bonds is 3. The van der Waals surface area contributed by atoms with Gasteiger partial charge in [0, 0.05) is 12.1 Å². The minimum atomic E-state index is -4.55. The molecule has 0 radical (unpaired) electrons. The highest BCUT2D eigenvalue weighted by Gasteiger charge is 2.54. The summed E-state index contributed by atoms with van der Waals surface area (Å²) >= 11 is 0. The molecule has 0 unspecified atom stereocenters. The summed E-state index contributed by atoms with van der Waals surface area (Å²) in [5.74, 6) is 1.44. The van der Waals surface area contributed by atoms with Crippen LogP contribution < -0.4 is 14.8 Å². The van der Waals surface area contributed by atoms with Gasteiger partial charge in [-0.2, -0.15) is 13.2 Å². The molecule has 2 aliphatic rings. The highest BCUT2D eigenvalue weighted by atomic mass is 19.4. The molecular weight excluding hydrogens is 323 g/mol. The molecular formula is C17H22F3NO3. The second-order valence-electron chi connectivity index (χ2n) is 6.63. The van der Waals surface area contributed by atoms with Crippen LogP contribution in [0, 0.1) is 0 Å². The van der Waals surface area contributed by atoms with E-state index in [4.69, 9.17) is 9.47 Å². The number of alkyl halides is 3. The van der Waals surface area contributed by atoms with Crippen LogP contribution in [0.15, 0.2) is 18.2 Å². The van der Waals surface area contributed by atoms with Crippen LogP contribution in [0.25, 0.3) is 0 Å². The molecule has 1 heterocycles. The largest absolute Gasteiger partial charge is 0.493 e. The first-order chi connectivity index (χ1) is 11.3. The molecule has 0 bridgehead atoms. The van der Waals surface area contributed by atoms with Gasteiger partial charge in [-0.3, -0.25) is 0 Å². The van der Waals surface area contributed by atoms with Gasteiger partial charge in [0.05, 0.1) is 7.11 Å². The predicted octanol–water partition coefficient (Wildman–Crippen LogP) is 2.82. The van der Waals surface area contributed by atoms with Crippen LogP contribution in [-0.2, 0) is 6.42 Å². The quantitative estimate of drug-likeness (QED) is 0.885. The lowest BCUT2D eigenvalue weighted by molar-refractivity contribution is -0.270. The summed E-state index contributed by atoms with van der Waals surface area (Å²) in [5, 5.41) is 13.1. The molecule has 1 aromatic rings. The molecule has 0 saturated heterocycles. The van der Waals surface area contributed by atoms with Gasteiger partial charge >= 0.3 is 6.18 Å². The van der Waals surface area contributed by atoms with Crippen LogP contribution >= 0.6 is 0 Å². The molecule has 0 aromatic heterocycles. The van der Waals surface area contributed by atoms with E-state index in [1.54, 1.807) is 7.11 Å². The van der Waals surface area contributed by atoms with Crippen molar-refractivity contribution in [2.24, 2.45) is 0 Å². The number of halogens is 3. The fourth-order valence-corrected chi connectivity index (χ4v) is 3.54. The lowest BCUT2D eigenvalue weighted by Crippen LogP contribution is -2.53. The molecule has 4 nitrogen and oxygen atoms in total.